The van der Waals surface area contributed by atoms with Crippen molar-refractivity contribution < 1.29 is 14.3 Å². The highest BCUT2D eigenvalue weighted by Crippen LogP contribution is 2.27. The van der Waals surface area contributed by atoms with Gasteiger partial charge in [0.25, 0.3) is 5.91 Å². The second kappa shape index (κ2) is 10.0. The Bertz CT molecular complexity index is 911. The number of nitrogens with one attached hydrogen (secondary N) is 1. The van der Waals surface area contributed by atoms with Crippen LogP contribution in [0, 0.1) is 5.92 Å². The molecule has 1 aliphatic heterocycles. The molecule has 1 aromatic heterocycles. The number of esters is 1. The number of anilines is 1. The minimum atomic E-state index is -0.423. The SMILES string of the molecule is CCOC(=O)C1CCN(c2ncc(C=NNC(=O)c3ccc(Cl)cc3Cl)s2)CC1. The summed E-state index contributed by atoms with van der Waals surface area (Å²) in [6, 6.07) is 4.63. The molecule has 0 atom stereocenters. The van der Waals surface area contributed by atoms with Crippen LogP contribution in [0.25, 0.3) is 0 Å². The number of carbonyl (C=O) groups excluding carboxylic acids is 2. The second-order valence-corrected chi connectivity index (χ2v) is 8.27. The van der Waals surface area contributed by atoms with E-state index >= 15 is 0 Å². The fourth-order valence-corrected chi connectivity index (χ4v) is 4.27. The van der Waals surface area contributed by atoms with Crippen LogP contribution in [0.4, 0.5) is 5.13 Å². The first-order valence-electron chi connectivity index (χ1n) is 9.13. The predicted octanol–water partition coefficient (Wildman–Crippen LogP) is 3.99. The van der Waals surface area contributed by atoms with Gasteiger partial charge in [-0.05, 0) is 38.0 Å². The zero-order chi connectivity index (χ0) is 20.8. The van der Waals surface area contributed by atoms with Gasteiger partial charge >= 0.3 is 5.97 Å². The summed E-state index contributed by atoms with van der Waals surface area (Å²) in [6.07, 6.45) is 4.73. The first-order valence-corrected chi connectivity index (χ1v) is 10.7. The highest BCUT2D eigenvalue weighted by Gasteiger charge is 2.27. The van der Waals surface area contributed by atoms with Crippen molar-refractivity contribution >= 4 is 57.8 Å². The van der Waals surface area contributed by atoms with Gasteiger partial charge in [-0.1, -0.05) is 34.5 Å². The van der Waals surface area contributed by atoms with Gasteiger partial charge in [-0.15, -0.1) is 0 Å². The third-order valence-electron chi connectivity index (χ3n) is 4.43. The molecule has 0 radical (unpaired) electrons. The van der Waals surface area contributed by atoms with E-state index in [4.69, 9.17) is 27.9 Å². The topological polar surface area (TPSA) is 83.9 Å². The third kappa shape index (κ3) is 5.68. The van der Waals surface area contributed by atoms with Crippen LogP contribution in [-0.4, -0.2) is 42.8 Å². The van der Waals surface area contributed by atoms with E-state index in [-0.39, 0.29) is 16.9 Å². The van der Waals surface area contributed by atoms with Crippen molar-refractivity contribution in [3.63, 3.8) is 0 Å². The quantitative estimate of drug-likeness (QED) is 0.405. The van der Waals surface area contributed by atoms with Gasteiger partial charge in [0.05, 0.1) is 34.2 Å². The van der Waals surface area contributed by atoms with Gasteiger partial charge in [0.1, 0.15) is 0 Å². The van der Waals surface area contributed by atoms with Crippen molar-refractivity contribution in [2.45, 2.75) is 19.8 Å². The molecule has 0 bridgehead atoms. The molecule has 2 aromatic rings. The van der Waals surface area contributed by atoms with Gasteiger partial charge in [-0.2, -0.15) is 5.10 Å². The monoisotopic (exact) mass is 454 g/mol. The van der Waals surface area contributed by atoms with Gasteiger partial charge in [0, 0.05) is 24.3 Å². The summed E-state index contributed by atoms with van der Waals surface area (Å²) in [5, 5.41) is 5.55. The van der Waals surface area contributed by atoms with E-state index in [2.05, 4.69) is 20.4 Å². The Morgan fingerprint density at radius 3 is 2.83 bits per heavy atom. The number of nitrogens with zero attached hydrogens (tertiary/aromatic N) is 3. The minimum absolute atomic E-state index is 0.0397. The second-order valence-electron chi connectivity index (χ2n) is 6.38. The van der Waals surface area contributed by atoms with Crippen LogP contribution >= 0.6 is 34.5 Å². The fraction of sp³-hybridized carbons (Fsp3) is 0.368. The Hall–Kier alpha value is -2.16. The lowest BCUT2D eigenvalue weighted by molar-refractivity contribution is -0.148. The smallest absolute Gasteiger partial charge is 0.309 e. The molecule has 29 heavy (non-hydrogen) atoms. The Morgan fingerprint density at radius 1 is 1.38 bits per heavy atom. The van der Waals surface area contributed by atoms with Crippen molar-refractivity contribution in [3.05, 3.63) is 44.9 Å². The van der Waals surface area contributed by atoms with Crippen molar-refractivity contribution in [2.75, 3.05) is 24.6 Å². The predicted molar refractivity (Wildman–Crippen MR) is 115 cm³/mol. The number of halogens is 2. The largest absolute Gasteiger partial charge is 0.466 e. The number of thiazole rings is 1. The number of hydrogen-bond acceptors (Lipinski definition) is 7. The number of hydrogen-bond donors (Lipinski definition) is 1. The molecule has 2 heterocycles. The summed E-state index contributed by atoms with van der Waals surface area (Å²) in [5.74, 6) is -0.577. The van der Waals surface area contributed by atoms with Crippen LogP contribution in [-0.2, 0) is 9.53 Å². The normalized spacial score (nSPS) is 14.9. The minimum Gasteiger partial charge on any atom is -0.466 e. The van der Waals surface area contributed by atoms with E-state index < -0.39 is 5.91 Å². The summed E-state index contributed by atoms with van der Waals surface area (Å²) in [7, 11) is 0. The average molecular weight is 455 g/mol. The van der Waals surface area contributed by atoms with Crippen molar-refractivity contribution in [3.8, 4) is 0 Å². The lowest BCUT2D eigenvalue weighted by Gasteiger charge is -2.30. The first-order chi connectivity index (χ1) is 14.0. The zero-order valence-corrected chi connectivity index (χ0v) is 18.1. The molecule has 0 unspecified atom stereocenters. The molecule has 7 nitrogen and oxygen atoms in total. The summed E-state index contributed by atoms with van der Waals surface area (Å²) in [4.78, 5) is 31.3. The van der Waals surface area contributed by atoms with Crippen LogP contribution in [0.2, 0.25) is 10.0 Å². The molecule has 154 valence electrons. The maximum absolute atomic E-state index is 12.1. The molecule has 10 heteroatoms. The van der Waals surface area contributed by atoms with E-state index in [9.17, 15) is 9.59 Å². The summed E-state index contributed by atoms with van der Waals surface area (Å²) < 4.78 is 5.10. The highest BCUT2D eigenvalue weighted by atomic mass is 35.5. The molecule has 3 rings (SSSR count). The molecule has 1 N–H and O–H groups in total. The van der Waals surface area contributed by atoms with Gasteiger partial charge < -0.3 is 9.64 Å². The number of rotatable bonds is 6. The van der Waals surface area contributed by atoms with Crippen LogP contribution in [0.3, 0.4) is 0 Å². The maximum atomic E-state index is 12.1. The Labute approximate surface area is 182 Å². The Kier molecular flexibility index (Phi) is 7.46. The molecular weight excluding hydrogens is 435 g/mol. The van der Waals surface area contributed by atoms with E-state index in [0.29, 0.717) is 17.2 Å². The van der Waals surface area contributed by atoms with E-state index in [0.717, 1.165) is 35.9 Å². The van der Waals surface area contributed by atoms with E-state index in [1.54, 1.807) is 18.3 Å². The van der Waals surface area contributed by atoms with E-state index in [1.807, 2.05) is 6.92 Å². The molecule has 1 amide bonds. The van der Waals surface area contributed by atoms with Gasteiger partial charge in [-0.3, -0.25) is 9.59 Å². The highest BCUT2D eigenvalue weighted by molar-refractivity contribution is 7.17. The molecule has 1 aliphatic rings. The zero-order valence-electron chi connectivity index (χ0n) is 15.7. The Balaban J connectivity index is 1.53. The molecule has 1 saturated heterocycles. The van der Waals surface area contributed by atoms with Crippen molar-refractivity contribution in [1.29, 1.82) is 0 Å². The molecule has 1 fully saturated rings. The lowest BCUT2D eigenvalue weighted by atomic mass is 9.97. The van der Waals surface area contributed by atoms with E-state index in [1.165, 1.54) is 23.6 Å². The van der Waals surface area contributed by atoms with Gasteiger partial charge in [-0.25, -0.2) is 10.4 Å². The number of piperidine rings is 1. The summed E-state index contributed by atoms with van der Waals surface area (Å²) in [5.41, 5.74) is 2.74. The van der Waals surface area contributed by atoms with Crippen LogP contribution in [0.5, 0.6) is 0 Å². The molecule has 0 spiro atoms. The maximum Gasteiger partial charge on any atom is 0.309 e. The first kappa shape index (κ1) is 21.5. The number of ether oxygens (including phenoxy) is 1. The van der Waals surface area contributed by atoms with Crippen LogP contribution < -0.4 is 10.3 Å². The molecule has 0 saturated carbocycles. The number of hydrazone groups is 1. The third-order valence-corrected chi connectivity index (χ3v) is 5.97. The number of aromatic nitrogens is 1. The van der Waals surface area contributed by atoms with Gasteiger partial charge in [0.15, 0.2) is 5.13 Å². The molecular formula is C19H20Cl2N4O3S. The molecule has 1 aromatic carbocycles. The Morgan fingerprint density at radius 2 is 2.14 bits per heavy atom. The van der Waals surface area contributed by atoms with Crippen molar-refractivity contribution in [2.24, 2.45) is 11.0 Å². The lowest BCUT2D eigenvalue weighted by Crippen LogP contribution is -2.36. The summed E-state index contributed by atoms with van der Waals surface area (Å²) in [6.45, 7) is 3.73. The molecule has 0 aliphatic carbocycles. The van der Waals surface area contributed by atoms with Crippen LogP contribution in [0.1, 0.15) is 35.0 Å². The van der Waals surface area contributed by atoms with Crippen molar-refractivity contribution in [1.82, 2.24) is 10.4 Å². The number of benzene rings is 1. The average Bonchev–Trinajstić information content (AvgIpc) is 3.17. The van der Waals surface area contributed by atoms with Gasteiger partial charge in [0.2, 0.25) is 0 Å². The number of amides is 1. The summed E-state index contributed by atoms with van der Waals surface area (Å²) >= 11 is 13.3. The standard InChI is InChI=1S/C19H20Cl2N4O3S/c1-2-28-18(27)12-5-7-25(8-6-12)19-22-10-14(29-19)11-23-24-17(26)15-4-3-13(20)9-16(15)21/h3-4,9-12H,2,5-8H2,1H3,(H,24,26). The van der Waals surface area contributed by atoms with Crippen LogP contribution in [0.15, 0.2) is 29.5 Å². The fourth-order valence-electron chi connectivity index (χ4n) is 2.94. The number of carbonyl (C=O) groups is 2.